The molecule has 1 aromatic rings. The molecular formula is C15H22O3. The van der Waals surface area contributed by atoms with Gasteiger partial charge in [-0.05, 0) is 56.4 Å². The first-order valence-corrected chi connectivity index (χ1v) is 6.68. The van der Waals surface area contributed by atoms with Crippen LogP contribution >= 0.6 is 0 Å². The molecule has 1 aliphatic heterocycles. The van der Waals surface area contributed by atoms with Crippen molar-refractivity contribution in [2.45, 2.75) is 39.4 Å². The number of rotatable bonds is 5. The molecule has 3 nitrogen and oxygen atoms in total. The average molecular weight is 250 g/mol. The number of ether oxygens (including phenoxy) is 3. The number of hydrogen-bond donors (Lipinski definition) is 0. The van der Waals surface area contributed by atoms with Gasteiger partial charge >= 0.3 is 0 Å². The van der Waals surface area contributed by atoms with E-state index in [9.17, 15) is 0 Å². The lowest BCUT2D eigenvalue weighted by Crippen LogP contribution is -2.24. The Morgan fingerprint density at radius 2 is 1.89 bits per heavy atom. The minimum absolute atomic E-state index is 0.0263. The van der Waals surface area contributed by atoms with Gasteiger partial charge in [-0.3, -0.25) is 0 Å². The Balaban J connectivity index is 1.68. The van der Waals surface area contributed by atoms with Gasteiger partial charge in [0.1, 0.15) is 12.4 Å². The quantitative estimate of drug-likeness (QED) is 0.751. The minimum Gasteiger partial charge on any atom is -0.491 e. The van der Waals surface area contributed by atoms with Crippen molar-refractivity contribution < 1.29 is 14.2 Å². The Kier molecular flexibility index (Phi) is 5.02. The topological polar surface area (TPSA) is 27.7 Å². The van der Waals surface area contributed by atoms with Gasteiger partial charge < -0.3 is 14.2 Å². The highest BCUT2D eigenvalue weighted by atomic mass is 16.7. The van der Waals surface area contributed by atoms with Gasteiger partial charge in [0, 0.05) is 6.61 Å². The smallest absolute Gasteiger partial charge is 0.157 e. The van der Waals surface area contributed by atoms with E-state index in [-0.39, 0.29) is 6.29 Å². The van der Waals surface area contributed by atoms with Crippen LogP contribution in [0.2, 0.25) is 0 Å². The molecule has 0 radical (unpaired) electrons. The average Bonchev–Trinajstić information content (AvgIpc) is 2.35. The first kappa shape index (κ1) is 13.4. The molecule has 0 spiro atoms. The molecule has 0 N–H and O–H groups in total. The zero-order chi connectivity index (χ0) is 12.8. The molecule has 0 unspecified atom stereocenters. The molecule has 1 atom stereocenters. The van der Waals surface area contributed by atoms with Gasteiger partial charge in [-0.25, -0.2) is 0 Å². The largest absolute Gasteiger partial charge is 0.491 e. The van der Waals surface area contributed by atoms with E-state index in [0.29, 0.717) is 13.2 Å². The van der Waals surface area contributed by atoms with Crippen molar-refractivity contribution >= 4 is 0 Å². The molecule has 1 aliphatic rings. The van der Waals surface area contributed by atoms with Crippen LogP contribution in [0.5, 0.6) is 5.75 Å². The summed E-state index contributed by atoms with van der Waals surface area (Å²) in [6, 6.07) is 6.23. The van der Waals surface area contributed by atoms with Gasteiger partial charge in [0.05, 0.1) is 6.61 Å². The fourth-order valence-corrected chi connectivity index (χ4v) is 2.20. The highest BCUT2D eigenvalue weighted by Crippen LogP contribution is 2.17. The van der Waals surface area contributed by atoms with Crippen LogP contribution in [0, 0.1) is 13.8 Å². The molecule has 0 aromatic heterocycles. The van der Waals surface area contributed by atoms with E-state index in [1.807, 2.05) is 12.1 Å². The molecule has 1 saturated heterocycles. The van der Waals surface area contributed by atoms with E-state index in [2.05, 4.69) is 19.9 Å². The van der Waals surface area contributed by atoms with Gasteiger partial charge in [0.15, 0.2) is 6.29 Å². The molecule has 1 fully saturated rings. The summed E-state index contributed by atoms with van der Waals surface area (Å²) < 4.78 is 16.8. The fourth-order valence-electron chi connectivity index (χ4n) is 2.20. The van der Waals surface area contributed by atoms with E-state index in [1.165, 1.54) is 17.5 Å². The van der Waals surface area contributed by atoms with Gasteiger partial charge in [-0.2, -0.15) is 0 Å². The summed E-state index contributed by atoms with van der Waals surface area (Å²) in [6.07, 6.45) is 3.33. The maximum Gasteiger partial charge on any atom is 0.157 e. The fraction of sp³-hybridized carbons (Fsp3) is 0.600. The standard InChI is InChI=1S/C15H22O3/c1-12-9-13(2)11-14(10-12)16-7-8-18-15-5-3-4-6-17-15/h9-11,15H,3-8H2,1-2H3/t15-/m1/s1. The van der Waals surface area contributed by atoms with E-state index < -0.39 is 0 Å². The number of aryl methyl sites for hydroxylation is 2. The second-order valence-corrected chi connectivity index (χ2v) is 4.84. The number of hydrogen-bond acceptors (Lipinski definition) is 3. The van der Waals surface area contributed by atoms with E-state index in [0.717, 1.165) is 25.2 Å². The van der Waals surface area contributed by atoms with Crippen LogP contribution in [0.3, 0.4) is 0 Å². The maximum absolute atomic E-state index is 5.68. The van der Waals surface area contributed by atoms with Crippen molar-refractivity contribution in [3.8, 4) is 5.75 Å². The normalized spacial score (nSPS) is 19.8. The van der Waals surface area contributed by atoms with Gasteiger partial charge in [-0.15, -0.1) is 0 Å². The van der Waals surface area contributed by atoms with E-state index >= 15 is 0 Å². The van der Waals surface area contributed by atoms with Crippen molar-refractivity contribution in [2.24, 2.45) is 0 Å². The predicted molar refractivity (Wildman–Crippen MR) is 71.0 cm³/mol. The van der Waals surface area contributed by atoms with Crippen molar-refractivity contribution in [3.63, 3.8) is 0 Å². The molecule has 2 rings (SSSR count). The summed E-state index contributed by atoms with van der Waals surface area (Å²) in [5.41, 5.74) is 2.45. The minimum atomic E-state index is -0.0263. The van der Waals surface area contributed by atoms with Crippen LogP contribution in [0.25, 0.3) is 0 Å². The summed E-state index contributed by atoms with van der Waals surface area (Å²) in [6.45, 7) is 6.13. The summed E-state index contributed by atoms with van der Waals surface area (Å²) in [4.78, 5) is 0. The van der Waals surface area contributed by atoms with Gasteiger partial charge in [0.2, 0.25) is 0 Å². The summed E-state index contributed by atoms with van der Waals surface area (Å²) in [5.74, 6) is 0.917. The second kappa shape index (κ2) is 6.76. The predicted octanol–water partition coefficient (Wildman–Crippen LogP) is 3.23. The second-order valence-electron chi connectivity index (χ2n) is 4.84. The van der Waals surface area contributed by atoms with Crippen LogP contribution in [0.1, 0.15) is 30.4 Å². The van der Waals surface area contributed by atoms with Crippen LogP contribution < -0.4 is 4.74 Å². The SMILES string of the molecule is Cc1cc(C)cc(OCCO[C@@H]2CCCCO2)c1. The first-order valence-electron chi connectivity index (χ1n) is 6.68. The summed E-state index contributed by atoms with van der Waals surface area (Å²) in [7, 11) is 0. The lowest BCUT2D eigenvalue weighted by molar-refractivity contribution is -0.165. The third kappa shape index (κ3) is 4.31. The Hall–Kier alpha value is -1.06. The van der Waals surface area contributed by atoms with Gasteiger partial charge in [-0.1, -0.05) is 6.07 Å². The monoisotopic (exact) mass is 250 g/mol. The molecule has 3 heteroatoms. The Bertz CT molecular complexity index is 350. The van der Waals surface area contributed by atoms with Crippen LogP contribution in [-0.4, -0.2) is 26.1 Å². The first-order chi connectivity index (χ1) is 8.74. The Morgan fingerprint density at radius 3 is 2.56 bits per heavy atom. The molecular weight excluding hydrogens is 228 g/mol. The molecule has 0 aliphatic carbocycles. The van der Waals surface area contributed by atoms with E-state index in [4.69, 9.17) is 14.2 Å². The van der Waals surface area contributed by atoms with Crippen molar-refractivity contribution in [1.29, 1.82) is 0 Å². The van der Waals surface area contributed by atoms with Crippen molar-refractivity contribution in [1.82, 2.24) is 0 Å². The van der Waals surface area contributed by atoms with Gasteiger partial charge in [0.25, 0.3) is 0 Å². The molecule has 100 valence electrons. The maximum atomic E-state index is 5.68. The van der Waals surface area contributed by atoms with Crippen LogP contribution in [0.4, 0.5) is 0 Å². The van der Waals surface area contributed by atoms with Crippen LogP contribution in [-0.2, 0) is 9.47 Å². The highest BCUT2D eigenvalue weighted by molar-refractivity contribution is 5.32. The lowest BCUT2D eigenvalue weighted by atomic mass is 10.1. The molecule has 0 amide bonds. The lowest BCUT2D eigenvalue weighted by Gasteiger charge is -2.22. The molecule has 0 saturated carbocycles. The molecule has 1 heterocycles. The Labute approximate surface area is 109 Å². The molecule has 0 bridgehead atoms. The molecule has 1 aromatic carbocycles. The number of benzene rings is 1. The molecule has 18 heavy (non-hydrogen) atoms. The van der Waals surface area contributed by atoms with Crippen molar-refractivity contribution in [2.75, 3.05) is 19.8 Å². The summed E-state index contributed by atoms with van der Waals surface area (Å²) >= 11 is 0. The zero-order valence-electron chi connectivity index (χ0n) is 11.3. The van der Waals surface area contributed by atoms with Crippen molar-refractivity contribution in [3.05, 3.63) is 29.3 Å². The van der Waals surface area contributed by atoms with E-state index in [1.54, 1.807) is 0 Å². The highest BCUT2D eigenvalue weighted by Gasteiger charge is 2.13. The van der Waals surface area contributed by atoms with Crippen LogP contribution in [0.15, 0.2) is 18.2 Å². The zero-order valence-corrected chi connectivity index (χ0v) is 11.3. The summed E-state index contributed by atoms with van der Waals surface area (Å²) in [5, 5.41) is 0. The Morgan fingerprint density at radius 1 is 1.11 bits per heavy atom. The third-order valence-corrected chi connectivity index (χ3v) is 2.99. The third-order valence-electron chi connectivity index (χ3n) is 2.99.